The van der Waals surface area contributed by atoms with Crippen molar-refractivity contribution >= 4 is 0 Å². The summed E-state index contributed by atoms with van der Waals surface area (Å²) in [5.74, 6) is -2.15. The van der Waals surface area contributed by atoms with Gasteiger partial charge in [0.15, 0.2) is 5.82 Å². The van der Waals surface area contributed by atoms with E-state index in [-0.39, 0.29) is 5.56 Å². The smallest absolute Gasteiger partial charge is 0.249 e. The minimum Gasteiger partial charge on any atom is -0.385 e. The van der Waals surface area contributed by atoms with E-state index in [0.717, 1.165) is 19.3 Å². The van der Waals surface area contributed by atoms with Crippen LogP contribution in [-0.2, 0) is 5.60 Å². The van der Waals surface area contributed by atoms with Gasteiger partial charge in [0.05, 0.1) is 5.60 Å². The lowest BCUT2D eigenvalue weighted by molar-refractivity contribution is -0.00450. The molecule has 0 aliphatic heterocycles. The molecule has 15 heavy (non-hydrogen) atoms. The van der Waals surface area contributed by atoms with E-state index in [2.05, 4.69) is 4.98 Å². The van der Waals surface area contributed by atoms with Gasteiger partial charge in [-0.05, 0) is 18.9 Å². The number of aromatic nitrogens is 1. The van der Waals surface area contributed by atoms with Crippen molar-refractivity contribution in [1.29, 1.82) is 0 Å². The molecule has 1 saturated carbocycles. The summed E-state index contributed by atoms with van der Waals surface area (Å²) in [6.07, 6.45) is 4.92. The molecule has 0 radical (unpaired) electrons. The zero-order valence-electron chi connectivity index (χ0n) is 8.34. The van der Waals surface area contributed by atoms with Crippen molar-refractivity contribution in [1.82, 2.24) is 4.98 Å². The molecule has 82 valence electrons. The van der Waals surface area contributed by atoms with E-state index in [9.17, 15) is 13.9 Å². The third-order valence-electron chi connectivity index (χ3n) is 3.03. The highest BCUT2D eigenvalue weighted by molar-refractivity contribution is 5.22. The maximum absolute atomic E-state index is 13.4. The second-order valence-electron chi connectivity index (χ2n) is 4.06. The third-order valence-corrected chi connectivity index (χ3v) is 3.03. The number of aliphatic hydroxyl groups is 1. The van der Waals surface area contributed by atoms with Gasteiger partial charge in [0.25, 0.3) is 0 Å². The van der Waals surface area contributed by atoms with Gasteiger partial charge in [-0.1, -0.05) is 19.3 Å². The normalized spacial score (nSPS) is 20.2. The highest BCUT2D eigenvalue weighted by Crippen LogP contribution is 2.38. The monoisotopic (exact) mass is 213 g/mol. The molecule has 1 aromatic heterocycles. The first-order valence-electron chi connectivity index (χ1n) is 5.16. The van der Waals surface area contributed by atoms with E-state index in [1.54, 1.807) is 0 Å². The summed E-state index contributed by atoms with van der Waals surface area (Å²) in [7, 11) is 0. The standard InChI is InChI=1S/C11H13F2NO/c12-9-8(4-7-14-10(9)13)11(15)5-2-1-3-6-11/h4,7,15H,1-3,5-6H2. The van der Waals surface area contributed by atoms with Gasteiger partial charge in [-0.15, -0.1) is 0 Å². The van der Waals surface area contributed by atoms with Crippen LogP contribution in [0.3, 0.4) is 0 Å². The molecular formula is C11H13F2NO. The predicted molar refractivity (Wildman–Crippen MR) is 51.1 cm³/mol. The molecule has 1 aromatic rings. The van der Waals surface area contributed by atoms with E-state index in [0.29, 0.717) is 12.8 Å². The quantitative estimate of drug-likeness (QED) is 0.727. The van der Waals surface area contributed by atoms with Crippen LogP contribution in [0.15, 0.2) is 12.3 Å². The molecule has 1 aliphatic rings. The Bertz CT molecular complexity index is 362. The highest BCUT2D eigenvalue weighted by Gasteiger charge is 2.34. The number of halogens is 2. The van der Waals surface area contributed by atoms with E-state index in [1.807, 2.05) is 0 Å². The lowest BCUT2D eigenvalue weighted by Gasteiger charge is -2.32. The molecule has 0 spiro atoms. The first-order chi connectivity index (χ1) is 7.13. The van der Waals surface area contributed by atoms with Gasteiger partial charge in [0.1, 0.15) is 0 Å². The molecule has 0 amide bonds. The van der Waals surface area contributed by atoms with Gasteiger partial charge < -0.3 is 5.11 Å². The summed E-state index contributed by atoms with van der Waals surface area (Å²) in [6.45, 7) is 0. The highest BCUT2D eigenvalue weighted by atomic mass is 19.2. The fraction of sp³-hybridized carbons (Fsp3) is 0.545. The van der Waals surface area contributed by atoms with Gasteiger partial charge in [-0.25, -0.2) is 9.37 Å². The summed E-state index contributed by atoms with van der Waals surface area (Å²) in [4.78, 5) is 3.21. The van der Waals surface area contributed by atoms with Gasteiger partial charge in [-0.2, -0.15) is 4.39 Å². The molecule has 1 N–H and O–H groups in total. The summed E-state index contributed by atoms with van der Waals surface area (Å²) in [5.41, 5.74) is -1.15. The molecule has 1 aliphatic carbocycles. The van der Waals surface area contributed by atoms with Crippen LogP contribution < -0.4 is 0 Å². The molecule has 4 heteroatoms. The Kier molecular flexibility index (Phi) is 2.69. The van der Waals surface area contributed by atoms with Crippen molar-refractivity contribution in [2.45, 2.75) is 37.7 Å². The zero-order chi connectivity index (χ0) is 10.9. The van der Waals surface area contributed by atoms with Crippen LogP contribution in [0.5, 0.6) is 0 Å². The average Bonchev–Trinajstić information content (AvgIpc) is 2.23. The van der Waals surface area contributed by atoms with Gasteiger partial charge in [-0.3, -0.25) is 0 Å². The fourth-order valence-electron chi connectivity index (χ4n) is 2.18. The van der Waals surface area contributed by atoms with E-state index < -0.39 is 17.4 Å². The van der Waals surface area contributed by atoms with Gasteiger partial charge in [0, 0.05) is 11.8 Å². The molecule has 0 unspecified atom stereocenters. The van der Waals surface area contributed by atoms with Crippen LogP contribution in [0.25, 0.3) is 0 Å². The van der Waals surface area contributed by atoms with Crippen LogP contribution in [0.2, 0.25) is 0 Å². The molecule has 0 aromatic carbocycles. The Balaban J connectivity index is 2.39. The van der Waals surface area contributed by atoms with Crippen LogP contribution in [-0.4, -0.2) is 10.1 Å². The number of nitrogens with zero attached hydrogens (tertiary/aromatic N) is 1. The first-order valence-corrected chi connectivity index (χ1v) is 5.16. The topological polar surface area (TPSA) is 33.1 Å². The van der Waals surface area contributed by atoms with Crippen molar-refractivity contribution < 1.29 is 13.9 Å². The maximum Gasteiger partial charge on any atom is 0.249 e. The van der Waals surface area contributed by atoms with Crippen molar-refractivity contribution in [3.05, 3.63) is 29.6 Å². The van der Waals surface area contributed by atoms with Crippen LogP contribution in [0.1, 0.15) is 37.7 Å². The second kappa shape index (κ2) is 3.85. The Morgan fingerprint density at radius 2 is 1.87 bits per heavy atom. The minimum absolute atomic E-state index is 0.0506. The van der Waals surface area contributed by atoms with Gasteiger partial charge >= 0.3 is 0 Å². The third kappa shape index (κ3) is 1.86. The van der Waals surface area contributed by atoms with Crippen LogP contribution >= 0.6 is 0 Å². The Hall–Kier alpha value is -1.03. The van der Waals surface area contributed by atoms with Crippen molar-refractivity contribution in [3.63, 3.8) is 0 Å². The number of rotatable bonds is 1. The SMILES string of the molecule is OC1(c2ccnc(F)c2F)CCCCC1. The van der Waals surface area contributed by atoms with E-state index in [4.69, 9.17) is 0 Å². The molecular weight excluding hydrogens is 200 g/mol. The van der Waals surface area contributed by atoms with Crippen molar-refractivity contribution in [2.75, 3.05) is 0 Å². The average molecular weight is 213 g/mol. The minimum atomic E-state index is -1.20. The molecule has 0 atom stereocenters. The summed E-state index contributed by atoms with van der Waals surface area (Å²) in [5, 5.41) is 10.2. The van der Waals surface area contributed by atoms with E-state index in [1.165, 1.54) is 12.3 Å². The molecule has 2 rings (SSSR count). The van der Waals surface area contributed by atoms with Crippen molar-refractivity contribution in [3.8, 4) is 0 Å². The zero-order valence-corrected chi connectivity index (χ0v) is 8.34. The molecule has 0 bridgehead atoms. The molecule has 1 fully saturated rings. The largest absolute Gasteiger partial charge is 0.385 e. The van der Waals surface area contributed by atoms with Crippen LogP contribution in [0, 0.1) is 11.8 Å². The molecule has 1 heterocycles. The lowest BCUT2D eigenvalue weighted by atomic mass is 9.80. The number of hydrogen-bond donors (Lipinski definition) is 1. The molecule has 0 saturated heterocycles. The van der Waals surface area contributed by atoms with Crippen LogP contribution in [0.4, 0.5) is 8.78 Å². The number of pyridine rings is 1. The Morgan fingerprint density at radius 1 is 1.20 bits per heavy atom. The summed E-state index contributed by atoms with van der Waals surface area (Å²) in [6, 6.07) is 1.36. The first kappa shape index (κ1) is 10.5. The Morgan fingerprint density at radius 3 is 2.53 bits per heavy atom. The fourth-order valence-corrected chi connectivity index (χ4v) is 2.18. The van der Waals surface area contributed by atoms with Gasteiger partial charge in [0.2, 0.25) is 5.95 Å². The summed E-state index contributed by atoms with van der Waals surface area (Å²) < 4.78 is 26.3. The second-order valence-corrected chi connectivity index (χ2v) is 4.06. The lowest BCUT2D eigenvalue weighted by Crippen LogP contribution is -2.30. The summed E-state index contributed by atoms with van der Waals surface area (Å²) >= 11 is 0. The molecule has 2 nitrogen and oxygen atoms in total. The van der Waals surface area contributed by atoms with E-state index >= 15 is 0 Å². The Labute approximate surface area is 87.0 Å². The van der Waals surface area contributed by atoms with Crippen molar-refractivity contribution in [2.24, 2.45) is 0 Å². The predicted octanol–water partition coefficient (Wildman–Crippen LogP) is 2.51. The maximum atomic E-state index is 13.4. The number of hydrogen-bond acceptors (Lipinski definition) is 2.